The molecule has 0 saturated carbocycles. The lowest BCUT2D eigenvalue weighted by Gasteiger charge is -2.17. The van der Waals surface area contributed by atoms with Crippen LogP contribution in [0.1, 0.15) is 18.9 Å². The summed E-state index contributed by atoms with van der Waals surface area (Å²) in [6.07, 6.45) is 8.40. The van der Waals surface area contributed by atoms with E-state index in [0.29, 0.717) is 5.69 Å². The van der Waals surface area contributed by atoms with Gasteiger partial charge in [0.25, 0.3) is 0 Å². The molecule has 118 valence electrons. The van der Waals surface area contributed by atoms with Gasteiger partial charge in [0.05, 0.1) is 18.4 Å². The minimum absolute atomic E-state index is 0.182. The second-order valence-electron chi connectivity index (χ2n) is 4.71. The summed E-state index contributed by atoms with van der Waals surface area (Å²) in [6.45, 7) is 8.12. The van der Waals surface area contributed by atoms with Crippen LogP contribution in [0.3, 0.4) is 0 Å². The highest BCUT2D eigenvalue weighted by Gasteiger charge is 2.04. The molecular formula is C15H21N5OS. The van der Waals surface area contributed by atoms with E-state index in [1.807, 2.05) is 16.3 Å². The van der Waals surface area contributed by atoms with Crippen LogP contribution >= 0.6 is 11.3 Å². The second-order valence-corrected chi connectivity index (χ2v) is 5.64. The minimum Gasteiger partial charge on any atom is -0.320 e. The normalized spacial score (nSPS) is 11.4. The Hall–Kier alpha value is -1.99. The molecule has 1 amide bonds. The van der Waals surface area contributed by atoms with Crippen LogP contribution in [0, 0.1) is 0 Å². The molecule has 2 heterocycles. The molecule has 2 aromatic heterocycles. The van der Waals surface area contributed by atoms with Gasteiger partial charge in [0.2, 0.25) is 5.91 Å². The first-order valence-electron chi connectivity index (χ1n) is 7.34. The number of nitrogens with zero attached hydrogens (tertiary/aromatic N) is 4. The molecule has 0 atom stereocenters. The van der Waals surface area contributed by atoms with E-state index in [1.165, 1.54) is 17.4 Å². The van der Waals surface area contributed by atoms with Crippen molar-refractivity contribution in [1.82, 2.24) is 19.7 Å². The highest BCUT2D eigenvalue weighted by Crippen LogP contribution is 2.08. The maximum absolute atomic E-state index is 11.8. The Morgan fingerprint density at radius 3 is 2.95 bits per heavy atom. The fourth-order valence-electron chi connectivity index (χ4n) is 1.98. The van der Waals surface area contributed by atoms with Gasteiger partial charge in [-0.15, -0.1) is 11.3 Å². The standard InChI is InChI=1S/C15H21N5OS/c1-3-19(4-2)8-9-20-12-13(11-17-20)18-14(21)5-6-15-16-7-10-22-15/h5-7,10-12H,3-4,8-9H2,1-2H3,(H,18,21)/b6-5-. The van der Waals surface area contributed by atoms with Crippen molar-refractivity contribution in [2.24, 2.45) is 0 Å². The number of likely N-dealkylation sites (N-methyl/N-ethyl adjacent to an activating group) is 1. The Morgan fingerprint density at radius 1 is 1.45 bits per heavy atom. The zero-order chi connectivity index (χ0) is 15.8. The first-order chi connectivity index (χ1) is 10.7. The van der Waals surface area contributed by atoms with E-state index in [1.54, 1.807) is 18.5 Å². The van der Waals surface area contributed by atoms with Crippen LogP contribution in [0.4, 0.5) is 5.69 Å². The summed E-state index contributed by atoms with van der Waals surface area (Å²) in [5.41, 5.74) is 0.702. The lowest BCUT2D eigenvalue weighted by molar-refractivity contribution is -0.111. The van der Waals surface area contributed by atoms with Gasteiger partial charge in [-0.25, -0.2) is 4.98 Å². The Bertz CT molecular complexity index is 601. The molecule has 0 aliphatic carbocycles. The molecule has 2 aromatic rings. The van der Waals surface area contributed by atoms with Crippen molar-refractivity contribution in [3.63, 3.8) is 0 Å². The van der Waals surface area contributed by atoms with Gasteiger partial charge in [0, 0.05) is 30.4 Å². The average molecular weight is 319 g/mol. The fourth-order valence-corrected chi connectivity index (χ4v) is 2.51. The molecule has 0 aromatic carbocycles. The monoisotopic (exact) mass is 319 g/mol. The Labute approximate surface area is 134 Å². The summed E-state index contributed by atoms with van der Waals surface area (Å²) < 4.78 is 1.85. The molecule has 1 N–H and O–H groups in total. The highest BCUT2D eigenvalue weighted by atomic mass is 32.1. The Kier molecular flexibility index (Phi) is 6.29. The summed E-state index contributed by atoms with van der Waals surface area (Å²) in [7, 11) is 0. The van der Waals surface area contributed by atoms with Gasteiger partial charge < -0.3 is 10.2 Å². The van der Waals surface area contributed by atoms with Gasteiger partial charge >= 0.3 is 0 Å². The topological polar surface area (TPSA) is 63.0 Å². The lowest BCUT2D eigenvalue weighted by Crippen LogP contribution is -2.27. The molecule has 7 heteroatoms. The first kappa shape index (κ1) is 16.4. The average Bonchev–Trinajstić information content (AvgIpc) is 3.18. The molecule has 0 fully saturated rings. The highest BCUT2D eigenvalue weighted by molar-refractivity contribution is 7.10. The zero-order valence-corrected chi connectivity index (χ0v) is 13.7. The zero-order valence-electron chi connectivity index (χ0n) is 12.9. The van der Waals surface area contributed by atoms with E-state index in [4.69, 9.17) is 0 Å². The molecule has 0 saturated heterocycles. The van der Waals surface area contributed by atoms with E-state index in [9.17, 15) is 4.79 Å². The number of rotatable bonds is 8. The van der Waals surface area contributed by atoms with Crippen molar-refractivity contribution in [1.29, 1.82) is 0 Å². The quantitative estimate of drug-likeness (QED) is 0.759. The molecule has 6 nitrogen and oxygen atoms in total. The number of carbonyl (C=O) groups excluding carboxylic acids is 1. The third kappa shape index (κ3) is 5.09. The summed E-state index contributed by atoms with van der Waals surface area (Å²) in [5, 5.41) is 9.74. The SMILES string of the molecule is CCN(CC)CCn1cc(NC(=O)/C=C\c2nccs2)cn1. The molecule has 2 rings (SSSR count). The van der Waals surface area contributed by atoms with Crippen molar-refractivity contribution < 1.29 is 4.79 Å². The van der Waals surface area contributed by atoms with Crippen molar-refractivity contribution in [3.05, 3.63) is 35.1 Å². The third-order valence-corrected chi connectivity index (χ3v) is 4.01. The maximum atomic E-state index is 11.8. The number of thiazole rings is 1. The molecule has 22 heavy (non-hydrogen) atoms. The van der Waals surface area contributed by atoms with E-state index < -0.39 is 0 Å². The number of hydrogen-bond acceptors (Lipinski definition) is 5. The summed E-state index contributed by atoms with van der Waals surface area (Å²) >= 11 is 1.49. The molecular weight excluding hydrogens is 298 g/mol. The predicted molar refractivity (Wildman–Crippen MR) is 89.8 cm³/mol. The van der Waals surface area contributed by atoms with E-state index >= 15 is 0 Å². The van der Waals surface area contributed by atoms with Crippen molar-refractivity contribution >= 4 is 29.0 Å². The molecule has 0 radical (unpaired) electrons. The minimum atomic E-state index is -0.182. The van der Waals surface area contributed by atoms with Gasteiger partial charge in [-0.05, 0) is 19.2 Å². The first-order valence-corrected chi connectivity index (χ1v) is 8.22. The molecule has 0 aliphatic heterocycles. The summed E-state index contributed by atoms with van der Waals surface area (Å²) in [4.78, 5) is 18.2. The Balaban J connectivity index is 1.82. The number of anilines is 1. The van der Waals surface area contributed by atoms with Crippen LogP contribution in [-0.4, -0.2) is 45.2 Å². The summed E-state index contributed by atoms with van der Waals surface area (Å²) in [5.74, 6) is -0.182. The van der Waals surface area contributed by atoms with Crippen LogP contribution in [0.15, 0.2) is 30.0 Å². The molecule has 0 unspecified atom stereocenters. The number of nitrogens with one attached hydrogen (secondary N) is 1. The number of aromatic nitrogens is 3. The van der Waals surface area contributed by atoms with Gasteiger partial charge in [-0.1, -0.05) is 13.8 Å². The molecule has 0 bridgehead atoms. The van der Waals surface area contributed by atoms with Crippen LogP contribution in [-0.2, 0) is 11.3 Å². The van der Waals surface area contributed by atoms with Crippen molar-refractivity contribution in [2.75, 3.05) is 25.0 Å². The number of hydrogen-bond donors (Lipinski definition) is 1. The van der Waals surface area contributed by atoms with E-state index in [2.05, 4.69) is 34.1 Å². The van der Waals surface area contributed by atoms with E-state index in [-0.39, 0.29) is 5.91 Å². The number of amides is 1. The molecule has 0 aliphatic rings. The number of carbonyl (C=O) groups is 1. The fraction of sp³-hybridized carbons (Fsp3) is 0.400. The molecule has 0 spiro atoms. The van der Waals surface area contributed by atoms with Crippen molar-refractivity contribution in [2.45, 2.75) is 20.4 Å². The second kappa shape index (κ2) is 8.45. The van der Waals surface area contributed by atoms with Gasteiger partial charge in [0.15, 0.2) is 0 Å². The smallest absolute Gasteiger partial charge is 0.248 e. The van der Waals surface area contributed by atoms with Gasteiger partial charge in [0.1, 0.15) is 5.01 Å². The van der Waals surface area contributed by atoms with Gasteiger partial charge in [-0.2, -0.15) is 5.10 Å². The van der Waals surface area contributed by atoms with Crippen molar-refractivity contribution in [3.8, 4) is 0 Å². The third-order valence-electron chi connectivity index (χ3n) is 3.27. The van der Waals surface area contributed by atoms with Crippen LogP contribution < -0.4 is 5.32 Å². The maximum Gasteiger partial charge on any atom is 0.248 e. The van der Waals surface area contributed by atoms with Crippen LogP contribution in [0.25, 0.3) is 6.08 Å². The van der Waals surface area contributed by atoms with Crippen LogP contribution in [0.2, 0.25) is 0 Å². The van der Waals surface area contributed by atoms with Gasteiger partial charge in [-0.3, -0.25) is 9.48 Å². The van der Waals surface area contributed by atoms with Crippen LogP contribution in [0.5, 0.6) is 0 Å². The summed E-state index contributed by atoms with van der Waals surface area (Å²) in [6, 6.07) is 0. The largest absolute Gasteiger partial charge is 0.320 e. The Morgan fingerprint density at radius 2 is 2.27 bits per heavy atom. The lowest BCUT2D eigenvalue weighted by atomic mass is 10.4. The van der Waals surface area contributed by atoms with E-state index in [0.717, 1.165) is 31.2 Å². The predicted octanol–water partition coefficient (Wildman–Crippen LogP) is 2.33.